The van der Waals surface area contributed by atoms with Crippen LogP contribution >= 0.6 is 11.8 Å². The summed E-state index contributed by atoms with van der Waals surface area (Å²) in [5.41, 5.74) is 3.08. The Morgan fingerprint density at radius 3 is 2.77 bits per heavy atom. The molecule has 0 unspecified atom stereocenters. The van der Waals surface area contributed by atoms with E-state index in [0.29, 0.717) is 28.8 Å². The van der Waals surface area contributed by atoms with Crippen molar-refractivity contribution in [1.82, 2.24) is 19.2 Å². The monoisotopic (exact) mass is 440 g/mol. The van der Waals surface area contributed by atoms with Crippen LogP contribution in [-0.2, 0) is 27.9 Å². The highest BCUT2D eigenvalue weighted by molar-refractivity contribution is 7.99. The molecule has 2 aromatic heterocycles. The first-order valence-electron chi connectivity index (χ1n) is 10.8. The average molecular weight is 441 g/mol. The van der Waals surface area contributed by atoms with Gasteiger partial charge in [0.05, 0.1) is 17.9 Å². The Morgan fingerprint density at radius 2 is 2.03 bits per heavy atom. The molecule has 0 saturated heterocycles. The molecular formula is C23H28N4O3S. The van der Waals surface area contributed by atoms with E-state index < -0.39 is 5.97 Å². The zero-order chi connectivity index (χ0) is 22.2. The van der Waals surface area contributed by atoms with Crippen molar-refractivity contribution in [3.8, 4) is 11.3 Å². The number of esters is 1. The smallest absolute Gasteiger partial charge is 0.327 e. The number of hydrogen-bond acceptors (Lipinski definition) is 6. The molecule has 1 aromatic carbocycles. The van der Waals surface area contributed by atoms with E-state index in [9.17, 15) is 9.59 Å². The summed E-state index contributed by atoms with van der Waals surface area (Å²) in [7, 11) is 0. The molecule has 1 aliphatic rings. The minimum Gasteiger partial charge on any atom is -0.465 e. The average Bonchev–Trinajstić information content (AvgIpc) is 3.05. The number of carbonyl (C=O) groups is 1. The molecular weight excluding hydrogens is 412 g/mol. The first-order valence-corrected chi connectivity index (χ1v) is 11.8. The number of hydrogen-bond donors (Lipinski definition) is 0. The van der Waals surface area contributed by atoms with E-state index in [2.05, 4.69) is 31.9 Å². The Balaban J connectivity index is 1.96. The molecule has 0 amide bonds. The molecule has 4 rings (SSSR count). The van der Waals surface area contributed by atoms with Crippen molar-refractivity contribution >= 4 is 23.5 Å². The molecule has 0 fully saturated rings. The molecule has 0 saturated carbocycles. The van der Waals surface area contributed by atoms with Crippen molar-refractivity contribution in [1.29, 1.82) is 0 Å². The SMILES string of the molecule is CCCCSc1nn(CC(=O)OCC)c2nc3c(c(=O)n12)C(C)(C)Cc1ccccc1-3. The van der Waals surface area contributed by atoms with Crippen LogP contribution in [0.2, 0.25) is 0 Å². The number of rotatable bonds is 7. The van der Waals surface area contributed by atoms with Gasteiger partial charge >= 0.3 is 5.97 Å². The first kappa shape index (κ1) is 21.6. The van der Waals surface area contributed by atoms with Crippen molar-refractivity contribution in [2.45, 2.75) is 64.1 Å². The number of nitrogens with zero attached hydrogens (tertiary/aromatic N) is 4. The molecule has 1 aliphatic carbocycles. The normalized spacial score (nSPS) is 14.3. The van der Waals surface area contributed by atoms with E-state index in [1.165, 1.54) is 22.0 Å². The predicted molar refractivity (Wildman–Crippen MR) is 122 cm³/mol. The molecule has 31 heavy (non-hydrogen) atoms. The summed E-state index contributed by atoms with van der Waals surface area (Å²) < 4.78 is 8.19. The Hall–Kier alpha value is -2.61. The zero-order valence-electron chi connectivity index (χ0n) is 18.5. The van der Waals surface area contributed by atoms with Gasteiger partial charge in [0.15, 0.2) is 5.16 Å². The van der Waals surface area contributed by atoms with E-state index in [1.807, 2.05) is 18.2 Å². The summed E-state index contributed by atoms with van der Waals surface area (Å²) in [5, 5.41) is 5.17. The van der Waals surface area contributed by atoms with E-state index in [4.69, 9.17) is 9.72 Å². The largest absolute Gasteiger partial charge is 0.465 e. The highest BCUT2D eigenvalue weighted by atomic mass is 32.2. The van der Waals surface area contributed by atoms with Crippen LogP contribution in [0.25, 0.3) is 17.0 Å². The Kier molecular flexibility index (Phi) is 5.92. The van der Waals surface area contributed by atoms with Crippen LogP contribution < -0.4 is 5.56 Å². The van der Waals surface area contributed by atoms with Gasteiger partial charge in [0, 0.05) is 16.7 Å². The van der Waals surface area contributed by atoms with Crippen LogP contribution in [0.5, 0.6) is 0 Å². The number of benzene rings is 1. The summed E-state index contributed by atoms with van der Waals surface area (Å²) in [6.07, 6.45) is 2.85. The highest BCUT2D eigenvalue weighted by Gasteiger charge is 2.36. The van der Waals surface area contributed by atoms with Gasteiger partial charge in [-0.1, -0.05) is 63.2 Å². The van der Waals surface area contributed by atoms with Gasteiger partial charge in [-0.05, 0) is 25.3 Å². The van der Waals surface area contributed by atoms with Crippen molar-refractivity contribution in [2.24, 2.45) is 0 Å². The van der Waals surface area contributed by atoms with Crippen LogP contribution in [0.1, 0.15) is 51.7 Å². The third-order valence-corrected chi connectivity index (χ3v) is 6.60. The number of thioether (sulfide) groups is 1. The molecule has 164 valence electrons. The number of ether oxygens (including phenoxy) is 1. The lowest BCUT2D eigenvalue weighted by Gasteiger charge is -2.32. The minimum atomic E-state index is -0.398. The van der Waals surface area contributed by atoms with E-state index in [1.54, 1.807) is 11.3 Å². The summed E-state index contributed by atoms with van der Waals surface area (Å²) in [5.74, 6) is 0.825. The molecule has 8 heteroatoms. The number of unbranched alkanes of at least 4 members (excludes halogenated alkanes) is 1. The van der Waals surface area contributed by atoms with Crippen LogP contribution in [0.3, 0.4) is 0 Å². The molecule has 0 spiro atoms. The molecule has 7 nitrogen and oxygen atoms in total. The third kappa shape index (κ3) is 3.89. The fourth-order valence-corrected chi connectivity index (χ4v) is 5.22. The minimum absolute atomic E-state index is 0.0814. The number of fused-ring (bicyclic) bond motifs is 4. The maximum atomic E-state index is 13.8. The van der Waals surface area contributed by atoms with Crippen molar-refractivity contribution in [2.75, 3.05) is 12.4 Å². The summed E-state index contributed by atoms with van der Waals surface area (Å²) >= 11 is 1.53. The van der Waals surface area contributed by atoms with Crippen molar-refractivity contribution < 1.29 is 9.53 Å². The second-order valence-electron chi connectivity index (χ2n) is 8.44. The Morgan fingerprint density at radius 1 is 1.26 bits per heavy atom. The van der Waals surface area contributed by atoms with Gasteiger partial charge < -0.3 is 4.74 Å². The van der Waals surface area contributed by atoms with Gasteiger partial charge in [0.25, 0.3) is 5.56 Å². The standard InChI is InChI=1S/C23H28N4O3S/c1-5-7-12-31-22-25-26(14-17(28)30-6-2)21-24-19-16-11-9-8-10-15(16)13-23(3,4)18(19)20(29)27(21)22/h8-11H,5-7,12-14H2,1-4H3. The lowest BCUT2D eigenvalue weighted by atomic mass is 9.72. The van der Waals surface area contributed by atoms with Crippen molar-refractivity contribution in [3.05, 3.63) is 45.7 Å². The Bertz CT molecular complexity index is 1200. The fraction of sp³-hybridized carbons (Fsp3) is 0.478. The highest BCUT2D eigenvalue weighted by Crippen LogP contribution is 2.40. The molecule has 0 aliphatic heterocycles. The van der Waals surface area contributed by atoms with Gasteiger partial charge in [-0.15, -0.1) is 5.10 Å². The van der Waals surface area contributed by atoms with Gasteiger partial charge in [-0.2, -0.15) is 0 Å². The summed E-state index contributed by atoms with van der Waals surface area (Å²) in [6.45, 7) is 8.28. The predicted octanol–water partition coefficient (Wildman–Crippen LogP) is 3.85. The zero-order valence-corrected chi connectivity index (χ0v) is 19.3. The fourth-order valence-electron chi connectivity index (χ4n) is 4.16. The maximum absolute atomic E-state index is 13.8. The third-order valence-electron chi connectivity index (χ3n) is 5.59. The first-order chi connectivity index (χ1) is 14.9. The maximum Gasteiger partial charge on any atom is 0.327 e. The second kappa shape index (κ2) is 8.49. The van der Waals surface area contributed by atoms with Crippen LogP contribution in [0, 0.1) is 0 Å². The van der Waals surface area contributed by atoms with E-state index >= 15 is 0 Å². The molecule has 0 N–H and O–H groups in total. The lowest BCUT2D eigenvalue weighted by molar-refractivity contribution is -0.143. The second-order valence-corrected chi connectivity index (χ2v) is 9.50. The molecule has 0 radical (unpaired) electrons. The van der Waals surface area contributed by atoms with Gasteiger partial charge in [0.2, 0.25) is 5.78 Å². The Labute approximate surface area is 185 Å². The molecule has 3 aromatic rings. The molecule has 0 atom stereocenters. The summed E-state index contributed by atoms with van der Waals surface area (Å²) in [4.78, 5) is 30.9. The number of carbonyl (C=O) groups excluding carboxylic acids is 1. The molecule has 0 bridgehead atoms. The van der Waals surface area contributed by atoms with E-state index in [0.717, 1.165) is 30.6 Å². The van der Waals surface area contributed by atoms with Crippen molar-refractivity contribution in [3.63, 3.8) is 0 Å². The quantitative estimate of drug-likeness (QED) is 0.315. The van der Waals surface area contributed by atoms with Gasteiger partial charge in [-0.3, -0.25) is 9.59 Å². The van der Waals surface area contributed by atoms with Crippen LogP contribution in [0.15, 0.2) is 34.2 Å². The van der Waals surface area contributed by atoms with Gasteiger partial charge in [0.1, 0.15) is 6.54 Å². The summed E-state index contributed by atoms with van der Waals surface area (Å²) in [6, 6.07) is 8.08. The van der Waals surface area contributed by atoms with Gasteiger partial charge in [-0.25, -0.2) is 14.1 Å². The number of aromatic nitrogens is 4. The topological polar surface area (TPSA) is 78.5 Å². The van der Waals surface area contributed by atoms with E-state index in [-0.39, 0.29) is 17.5 Å². The van der Waals surface area contributed by atoms with Crippen LogP contribution in [0.4, 0.5) is 0 Å². The molecule has 2 heterocycles. The van der Waals surface area contributed by atoms with Crippen LogP contribution in [-0.4, -0.2) is 37.5 Å². The lowest BCUT2D eigenvalue weighted by Crippen LogP contribution is -2.36.